The molecule has 6 heteroatoms. The summed E-state index contributed by atoms with van der Waals surface area (Å²) in [6.45, 7) is 5.57. The summed E-state index contributed by atoms with van der Waals surface area (Å²) in [6, 6.07) is 7.63. The van der Waals surface area contributed by atoms with Gasteiger partial charge in [-0.2, -0.15) is 0 Å². The quantitative estimate of drug-likeness (QED) is 0.879. The molecule has 0 bridgehead atoms. The van der Waals surface area contributed by atoms with Crippen molar-refractivity contribution in [3.63, 3.8) is 0 Å². The van der Waals surface area contributed by atoms with E-state index in [4.69, 9.17) is 9.47 Å². The van der Waals surface area contributed by atoms with E-state index in [0.717, 1.165) is 29.7 Å². The summed E-state index contributed by atoms with van der Waals surface area (Å²) in [5, 5.41) is 3.93. The molecule has 2 N–H and O–H groups in total. The Hall–Kier alpha value is -2.05. The van der Waals surface area contributed by atoms with Gasteiger partial charge in [0.2, 0.25) is 0 Å². The van der Waals surface area contributed by atoms with Crippen LogP contribution in [0.25, 0.3) is 10.9 Å². The number of hydrogen-bond acceptors (Lipinski definition) is 4. The number of nitrogens with one attached hydrogen (secondary N) is 2. The van der Waals surface area contributed by atoms with Gasteiger partial charge in [0.15, 0.2) is 0 Å². The molecule has 2 heterocycles. The second kappa shape index (κ2) is 7.02. The van der Waals surface area contributed by atoms with E-state index in [1.165, 1.54) is 0 Å². The zero-order valence-corrected chi connectivity index (χ0v) is 13.6. The van der Waals surface area contributed by atoms with Crippen LogP contribution in [-0.4, -0.2) is 61.8 Å². The van der Waals surface area contributed by atoms with Gasteiger partial charge in [-0.05, 0) is 32.2 Å². The van der Waals surface area contributed by atoms with Crippen LogP contribution >= 0.6 is 0 Å². The number of hydrogen-bond donors (Lipinski definition) is 2. The number of ether oxygens (including phenoxy) is 2. The van der Waals surface area contributed by atoms with Gasteiger partial charge < -0.3 is 24.7 Å². The standard InChI is InChI=1S/C17H23N3O3/c1-3-22-13-5-4-12-8-16(19-15(12)9-13)17(21)18-10-14-11-20(2)6-7-23-14/h4-5,8-9,14,19H,3,6-7,10-11H2,1-2H3,(H,18,21)/t14-/m0/s1. The highest BCUT2D eigenvalue weighted by atomic mass is 16.5. The van der Waals surface area contributed by atoms with Crippen LogP contribution in [0.3, 0.4) is 0 Å². The fourth-order valence-corrected chi connectivity index (χ4v) is 2.78. The first kappa shape index (κ1) is 15.8. The predicted octanol–water partition coefficient (Wildman–Crippen LogP) is 1.63. The van der Waals surface area contributed by atoms with Crippen LogP contribution in [0.15, 0.2) is 24.3 Å². The number of carbonyl (C=O) groups excluding carboxylic acids is 1. The SMILES string of the molecule is CCOc1ccc2cc(C(=O)NC[C@H]3CN(C)CCO3)[nH]c2c1. The van der Waals surface area contributed by atoms with Crippen molar-refractivity contribution >= 4 is 16.8 Å². The van der Waals surface area contributed by atoms with Crippen LogP contribution in [0, 0.1) is 0 Å². The molecule has 1 aliphatic heterocycles. The molecule has 1 aliphatic rings. The molecule has 124 valence electrons. The Morgan fingerprint density at radius 2 is 2.35 bits per heavy atom. The molecule has 1 atom stereocenters. The summed E-state index contributed by atoms with van der Waals surface area (Å²) in [7, 11) is 2.06. The summed E-state index contributed by atoms with van der Waals surface area (Å²) in [5.74, 6) is 0.684. The maximum absolute atomic E-state index is 12.3. The Bertz CT molecular complexity index is 683. The Kier molecular flexibility index (Phi) is 4.83. The van der Waals surface area contributed by atoms with Crippen molar-refractivity contribution in [2.24, 2.45) is 0 Å². The van der Waals surface area contributed by atoms with E-state index >= 15 is 0 Å². The first-order valence-corrected chi connectivity index (χ1v) is 7.99. The van der Waals surface area contributed by atoms with Crippen LogP contribution in [-0.2, 0) is 4.74 Å². The number of carbonyl (C=O) groups is 1. The van der Waals surface area contributed by atoms with Crippen LogP contribution in [0.5, 0.6) is 5.75 Å². The molecule has 1 aromatic carbocycles. The van der Waals surface area contributed by atoms with E-state index in [0.29, 0.717) is 25.5 Å². The topological polar surface area (TPSA) is 66.6 Å². The van der Waals surface area contributed by atoms with E-state index in [2.05, 4.69) is 22.2 Å². The molecule has 0 radical (unpaired) electrons. The Labute approximate surface area is 135 Å². The normalized spacial score (nSPS) is 19.0. The lowest BCUT2D eigenvalue weighted by atomic mass is 10.2. The van der Waals surface area contributed by atoms with Crippen LogP contribution < -0.4 is 10.1 Å². The molecular weight excluding hydrogens is 294 g/mol. The number of H-pyrrole nitrogens is 1. The monoisotopic (exact) mass is 317 g/mol. The maximum atomic E-state index is 12.3. The number of nitrogens with zero attached hydrogens (tertiary/aromatic N) is 1. The number of likely N-dealkylation sites (N-methyl/N-ethyl adjacent to an activating group) is 1. The number of aromatic nitrogens is 1. The fraction of sp³-hybridized carbons (Fsp3) is 0.471. The molecule has 3 rings (SSSR count). The smallest absolute Gasteiger partial charge is 0.267 e. The first-order valence-electron chi connectivity index (χ1n) is 7.99. The fourth-order valence-electron chi connectivity index (χ4n) is 2.78. The van der Waals surface area contributed by atoms with E-state index < -0.39 is 0 Å². The average molecular weight is 317 g/mol. The molecule has 1 fully saturated rings. The highest BCUT2D eigenvalue weighted by Gasteiger charge is 2.19. The lowest BCUT2D eigenvalue weighted by molar-refractivity contribution is -0.0175. The molecule has 2 aromatic rings. The van der Waals surface area contributed by atoms with E-state index in [1.54, 1.807) is 0 Å². The highest BCUT2D eigenvalue weighted by molar-refractivity contribution is 5.98. The van der Waals surface area contributed by atoms with Crippen LogP contribution in [0.4, 0.5) is 0 Å². The zero-order chi connectivity index (χ0) is 16.2. The van der Waals surface area contributed by atoms with E-state index in [9.17, 15) is 4.79 Å². The van der Waals surface area contributed by atoms with Gasteiger partial charge in [-0.15, -0.1) is 0 Å². The van der Waals surface area contributed by atoms with Gasteiger partial charge in [-0.3, -0.25) is 4.79 Å². The molecule has 0 saturated carbocycles. The summed E-state index contributed by atoms with van der Waals surface area (Å²) >= 11 is 0. The van der Waals surface area contributed by atoms with Gasteiger partial charge in [0.25, 0.3) is 5.91 Å². The summed E-state index contributed by atoms with van der Waals surface area (Å²) in [5.41, 5.74) is 1.45. The maximum Gasteiger partial charge on any atom is 0.267 e. The lowest BCUT2D eigenvalue weighted by Gasteiger charge is -2.30. The second-order valence-corrected chi connectivity index (χ2v) is 5.83. The van der Waals surface area contributed by atoms with Gasteiger partial charge in [-0.1, -0.05) is 0 Å². The summed E-state index contributed by atoms with van der Waals surface area (Å²) < 4.78 is 11.1. The van der Waals surface area contributed by atoms with Crippen molar-refractivity contribution in [3.8, 4) is 5.75 Å². The molecule has 0 spiro atoms. The first-order chi connectivity index (χ1) is 11.2. The van der Waals surface area contributed by atoms with Gasteiger partial charge in [0, 0.05) is 36.6 Å². The highest BCUT2D eigenvalue weighted by Crippen LogP contribution is 2.21. The third-order valence-corrected chi connectivity index (χ3v) is 3.98. The zero-order valence-electron chi connectivity index (χ0n) is 13.6. The Morgan fingerprint density at radius 3 is 3.13 bits per heavy atom. The minimum Gasteiger partial charge on any atom is -0.494 e. The van der Waals surface area contributed by atoms with Crippen molar-refractivity contribution in [3.05, 3.63) is 30.0 Å². The number of amides is 1. The molecule has 0 aliphatic carbocycles. The molecule has 6 nitrogen and oxygen atoms in total. The van der Waals surface area contributed by atoms with Crippen LogP contribution in [0.1, 0.15) is 17.4 Å². The Balaban J connectivity index is 1.63. The minimum absolute atomic E-state index is 0.0478. The molecule has 1 saturated heterocycles. The number of fused-ring (bicyclic) bond motifs is 1. The molecular formula is C17H23N3O3. The Morgan fingerprint density at radius 1 is 1.48 bits per heavy atom. The van der Waals surface area contributed by atoms with Gasteiger partial charge in [0.1, 0.15) is 11.4 Å². The average Bonchev–Trinajstić information content (AvgIpc) is 2.96. The molecule has 23 heavy (non-hydrogen) atoms. The molecule has 1 amide bonds. The lowest BCUT2D eigenvalue weighted by Crippen LogP contribution is -2.45. The van der Waals surface area contributed by atoms with E-state index in [1.807, 2.05) is 31.2 Å². The summed E-state index contributed by atoms with van der Waals surface area (Å²) in [4.78, 5) is 17.7. The molecule has 0 unspecified atom stereocenters. The van der Waals surface area contributed by atoms with Gasteiger partial charge in [0.05, 0.1) is 19.3 Å². The van der Waals surface area contributed by atoms with Crippen LogP contribution in [0.2, 0.25) is 0 Å². The van der Waals surface area contributed by atoms with Crippen molar-refractivity contribution in [1.29, 1.82) is 0 Å². The van der Waals surface area contributed by atoms with Crippen molar-refractivity contribution in [2.45, 2.75) is 13.0 Å². The second-order valence-electron chi connectivity index (χ2n) is 5.83. The van der Waals surface area contributed by atoms with Crippen molar-refractivity contribution < 1.29 is 14.3 Å². The summed E-state index contributed by atoms with van der Waals surface area (Å²) in [6.07, 6.45) is 0.0478. The number of rotatable bonds is 5. The predicted molar refractivity (Wildman–Crippen MR) is 89.0 cm³/mol. The third kappa shape index (κ3) is 3.83. The number of morpholine rings is 1. The van der Waals surface area contributed by atoms with Gasteiger partial charge in [-0.25, -0.2) is 0 Å². The van der Waals surface area contributed by atoms with Crippen molar-refractivity contribution in [2.75, 3.05) is 39.9 Å². The third-order valence-electron chi connectivity index (χ3n) is 3.98. The largest absolute Gasteiger partial charge is 0.494 e. The minimum atomic E-state index is -0.115. The molecule has 1 aromatic heterocycles. The number of benzene rings is 1. The van der Waals surface area contributed by atoms with Gasteiger partial charge >= 0.3 is 0 Å². The number of aromatic amines is 1. The van der Waals surface area contributed by atoms with E-state index in [-0.39, 0.29) is 12.0 Å². The van der Waals surface area contributed by atoms with Crippen molar-refractivity contribution in [1.82, 2.24) is 15.2 Å².